The lowest BCUT2D eigenvalue weighted by molar-refractivity contribution is 0.0751. The topological polar surface area (TPSA) is 74.1 Å². The number of sulfone groups is 1. The van der Waals surface area contributed by atoms with Gasteiger partial charge in [-0.2, -0.15) is 0 Å². The summed E-state index contributed by atoms with van der Waals surface area (Å²) >= 11 is 3.37. The molecule has 1 heterocycles. The maximum Gasteiger partial charge on any atom is 0.175 e. The van der Waals surface area contributed by atoms with Crippen LogP contribution in [-0.2, 0) is 16.4 Å². The smallest absolute Gasteiger partial charge is 0.175 e. The zero-order valence-corrected chi connectivity index (χ0v) is 14.0. The van der Waals surface area contributed by atoms with Crippen LogP contribution >= 0.6 is 15.9 Å². The highest BCUT2D eigenvalue weighted by atomic mass is 79.9. The summed E-state index contributed by atoms with van der Waals surface area (Å²) in [4.78, 5) is 7.03. The molecule has 0 unspecified atom stereocenters. The average molecular weight is 382 g/mol. The van der Waals surface area contributed by atoms with Crippen LogP contribution in [0.3, 0.4) is 0 Å². The molecule has 0 aliphatic rings. The summed E-state index contributed by atoms with van der Waals surface area (Å²) in [6.07, 6.45) is 1.16. The Labute approximate surface area is 135 Å². The highest BCUT2D eigenvalue weighted by Gasteiger charge is 2.12. The van der Waals surface area contributed by atoms with E-state index in [0.29, 0.717) is 17.6 Å². The van der Waals surface area contributed by atoms with Crippen LogP contribution in [0.25, 0.3) is 11.0 Å². The Bertz CT molecular complexity index is 920. The molecule has 1 aromatic heterocycles. The average Bonchev–Trinajstić information content (AvgIpc) is 2.88. The van der Waals surface area contributed by atoms with E-state index in [4.69, 9.17) is 4.84 Å². The minimum atomic E-state index is -3.29. The van der Waals surface area contributed by atoms with E-state index in [1.54, 1.807) is 6.07 Å². The van der Waals surface area contributed by atoms with Crippen molar-refractivity contribution in [3.05, 3.63) is 52.5 Å². The Morgan fingerprint density at radius 3 is 2.59 bits per heavy atom. The Morgan fingerprint density at radius 1 is 1.18 bits per heavy atom. The van der Waals surface area contributed by atoms with E-state index in [9.17, 15) is 8.42 Å². The van der Waals surface area contributed by atoms with Crippen LogP contribution in [0.2, 0.25) is 0 Å². The Kier molecular flexibility index (Phi) is 3.88. The van der Waals surface area contributed by atoms with Gasteiger partial charge in [-0.25, -0.2) is 8.42 Å². The number of hydrogen-bond acceptors (Lipinski definition) is 5. The standard InChI is InChI=1S/C14H12BrN3O3S/c1-22(19,20)12-6-7-13-14(8-12)18(17-16-13)21-9-10-2-4-11(15)5-3-10/h2-8H,9H2,1H3. The Morgan fingerprint density at radius 2 is 1.91 bits per heavy atom. The second-order valence-corrected chi connectivity index (χ2v) is 7.72. The van der Waals surface area contributed by atoms with Crippen LogP contribution in [0.1, 0.15) is 5.56 Å². The van der Waals surface area contributed by atoms with Crippen LogP contribution in [0.4, 0.5) is 0 Å². The van der Waals surface area contributed by atoms with Crippen molar-refractivity contribution >= 4 is 36.8 Å². The minimum absolute atomic E-state index is 0.204. The molecule has 0 N–H and O–H groups in total. The molecule has 0 radical (unpaired) electrons. The van der Waals surface area contributed by atoms with E-state index in [1.807, 2.05) is 24.3 Å². The molecular weight excluding hydrogens is 370 g/mol. The van der Waals surface area contributed by atoms with E-state index >= 15 is 0 Å². The fraction of sp³-hybridized carbons (Fsp3) is 0.143. The maximum absolute atomic E-state index is 11.6. The molecular formula is C14H12BrN3O3S. The molecule has 0 aliphatic carbocycles. The third kappa shape index (κ3) is 3.12. The van der Waals surface area contributed by atoms with Crippen molar-refractivity contribution in [3.63, 3.8) is 0 Å². The van der Waals surface area contributed by atoms with Crippen LogP contribution < -0.4 is 4.84 Å². The summed E-state index contributed by atoms with van der Waals surface area (Å²) in [5.74, 6) is 0. The summed E-state index contributed by atoms with van der Waals surface area (Å²) in [5, 5.41) is 7.85. The van der Waals surface area contributed by atoms with E-state index < -0.39 is 9.84 Å². The number of hydrogen-bond donors (Lipinski definition) is 0. The van der Waals surface area contributed by atoms with Gasteiger partial charge in [-0.05, 0) is 41.1 Å². The van der Waals surface area contributed by atoms with Gasteiger partial charge >= 0.3 is 0 Å². The number of aromatic nitrogens is 3. The van der Waals surface area contributed by atoms with Gasteiger partial charge in [0.2, 0.25) is 0 Å². The molecule has 0 bridgehead atoms. The minimum Gasteiger partial charge on any atom is -0.390 e. The van der Waals surface area contributed by atoms with Crippen molar-refractivity contribution in [1.82, 2.24) is 15.2 Å². The van der Waals surface area contributed by atoms with E-state index in [1.165, 1.54) is 17.0 Å². The molecule has 3 rings (SSSR count). The fourth-order valence-electron chi connectivity index (χ4n) is 1.92. The highest BCUT2D eigenvalue weighted by molar-refractivity contribution is 9.10. The van der Waals surface area contributed by atoms with E-state index in [-0.39, 0.29) is 4.90 Å². The second kappa shape index (κ2) is 5.69. The van der Waals surface area contributed by atoms with Crippen molar-refractivity contribution in [2.24, 2.45) is 0 Å². The van der Waals surface area contributed by atoms with Gasteiger partial charge in [-0.15, -0.1) is 5.10 Å². The second-order valence-electron chi connectivity index (χ2n) is 4.78. The largest absolute Gasteiger partial charge is 0.390 e. The molecule has 6 nitrogen and oxygen atoms in total. The summed E-state index contributed by atoms with van der Waals surface area (Å²) in [7, 11) is -3.29. The number of nitrogens with zero attached hydrogens (tertiary/aromatic N) is 3. The van der Waals surface area contributed by atoms with Crippen molar-refractivity contribution in [2.75, 3.05) is 6.26 Å². The molecule has 0 aliphatic heterocycles. The first-order chi connectivity index (χ1) is 10.4. The lowest BCUT2D eigenvalue weighted by Crippen LogP contribution is -2.13. The van der Waals surface area contributed by atoms with E-state index in [0.717, 1.165) is 16.3 Å². The molecule has 3 aromatic rings. The van der Waals surface area contributed by atoms with Crippen molar-refractivity contribution < 1.29 is 13.3 Å². The third-order valence-corrected chi connectivity index (χ3v) is 4.72. The molecule has 0 amide bonds. The first-order valence-corrected chi connectivity index (χ1v) is 9.05. The van der Waals surface area contributed by atoms with Gasteiger partial charge in [0.15, 0.2) is 9.84 Å². The Balaban J connectivity index is 1.89. The molecule has 22 heavy (non-hydrogen) atoms. The molecule has 0 spiro atoms. The van der Waals surface area contributed by atoms with Crippen LogP contribution in [0.15, 0.2) is 51.8 Å². The fourth-order valence-corrected chi connectivity index (χ4v) is 2.83. The molecule has 114 valence electrons. The van der Waals surface area contributed by atoms with Gasteiger partial charge in [-0.3, -0.25) is 0 Å². The van der Waals surface area contributed by atoms with Crippen molar-refractivity contribution in [2.45, 2.75) is 11.5 Å². The van der Waals surface area contributed by atoms with Gasteiger partial charge in [0, 0.05) is 10.7 Å². The summed E-state index contributed by atoms with van der Waals surface area (Å²) in [5.41, 5.74) is 2.05. The number of halogens is 1. The summed E-state index contributed by atoms with van der Waals surface area (Å²) < 4.78 is 24.2. The number of fused-ring (bicyclic) bond motifs is 1. The van der Waals surface area contributed by atoms with Gasteiger partial charge in [-0.1, -0.05) is 32.9 Å². The van der Waals surface area contributed by atoms with Crippen molar-refractivity contribution in [3.8, 4) is 0 Å². The van der Waals surface area contributed by atoms with Gasteiger partial charge in [0.05, 0.1) is 4.90 Å². The third-order valence-electron chi connectivity index (χ3n) is 3.08. The maximum atomic E-state index is 11.6. The SMILES string of the molecule is CS(=O)(=O)c1ccc2nnn(OCc3ccc(Br)cc3)c2c1. The highest BCUT2D eigenvalue weighted by Crippen LogP contribution is 2.17. The van der Waals surface area contributed by atoms with Gasteiger partial charge in [0.25, 0.3) is 0 Å². The number of benzene rings is 2. The van der Waals surface area contributed by atoms with Gasteiger partial charge in [0.1, 0.15) is 17.6 Å². The normalized spacial score (nSPS) is 11.7. The molecule has 0 saturated heterocycles. The van der Waals surface area contributed by atoms with E-state index in [2.05, 4.69) is 26.2 Å². The first-order valence-electron chi connectivity index (χ1n) is 6.37. The lowest BCUT2D eigenvalue weighted by Gasteiger charge is -2.06. The zero-order valence-electron chi connectivity index (χ0n) is 11.6. The molecule has 8 heteroatoms. The number of rotatable bonds is 4. The molecule has 0 atom stereocenters. The molecule has 0 fully saturated rings. The molecule has 2 aromatic carbocycles. The predicted molar refractivity (Wildman–Crippen MR) is 85.1 cm³/mol. The predicted octanol–water partition coefficient (Wildman–Crippen LogP) is 2.23. The van der Waals surface area contributed by atoms with Gasteiger partial charge < -0.3 is 4.84 Å². The monoisotopic (exact) mass is 381 g/mol. The van der Waals surface area contributed by atoms with Crippen molar-refractivity contribution in [1.29, 1.82) is 0 Å². The van der Waals surface area contributed by atoms with Crippen LogP contribution in [0, 0.1) is 0 Å². The zero-order chi connectivity index (χ0) is 15.7. The first kappa shape index (κ1) is 15.0. The summed E-state index contributed by atoms with van der Waals surface area (Å²) in [6, 6.07) is 12.3. The lowest BCUT2D eigenvalue weighted by atomic mass is 10.2. The molecule has 0 saturated carbocycles. The quantitative estimate of drug-likeness (QED) is 0.692. The summed E-state index contributed by atoms with van der Waals surface area (Å²) in [6.45, 7) is 0.300. The Hall–Kier alpha value is -1.93. The van der Waals surface area contributed by atoms with Crippen LogP contribution in [-0.4, -0.2) is 29.8 Å². The van der Waals surface area contributed by atoms with Crippen LogP contribution in [0.5, 0.6) is 0 Å².